The molecule has 0 radical (unpaired) electrons. The van der Waals surface area contributed by atoms with Crippen molar-refractivity contribution in [1.29, 1.82) is 0 Å². The molecule has 0 unspecified atom stereocenters. The van der Waals surface area contributed by atoms with Gasteiger partial charge in [-0.25, -0.2) is 17.6 Å². The highest BCUT2D eigenvalue weighted by molar-refractivity contribution is 7.91. The fourth-order valence-corrected chi connectivity index (χ4v) is 4.70. The van der Waals surface area contributed by atoms with Gasteiger partial charge in [0.15, 0.2) is 0 Å². The highest BCUT2D eigenvalue weighted by Gasteiger charge is 2.56. The molecule has 2 rings (SSSR count). The molecular weight excluding hydrogens is 348 g/mol. The minimum Gasteiger partial charge on any atom is -0.364 e. The second kappa shape index (κ2) is 5.78. The second-order valence-corrected chi connectivity index (χ2v) is 7.73. The number of aliphatic hydroxyl groups is 1. The molecule has 11 heteroatoms. The quantitative estimate of drug-likeness (QED) is 0.819. The third-order valence-electron chi connectivity index (χ3n) is 3.06. The van der Waals surface area contributed by atoms with Crippen LogP contribution in [0.4, 0.5) is 17.6 Å². The number of alkyl halides is 4. The summed E-state index contributed by atoms with van der Waals surface area (Å²) in [6, 6.07) is 2.65. The summed E-state index contributed by atoms with van der Waals surface area (Å²) in [5.41, 5.74) is -4.40. The smallest absolute Gasteiger partial charge is 0.291 e. The average Bonchev–Trinajstić information content (AvgIpc) is 3.04. The molecule has 0 saturated heterocycles. The minimum atomic E-state index is -4.65. The maximum Gasteiger partial charge on any atom is 0.291 e. The Kier molecular flexibility index (Phi) is 4.51. The van der Waals surface area contributed by atoms with Gasteiger partial charge < -0.3 is 5.11 Å². The number of thiophene rings is 1. The van der Waals surface area contributed by atoms with Crippen molar-refractivity contribution in [1.82, 2.24) is 4.41 Å². The Balaban J connectivity index is 2.50. The number of hydrazone groups is 1. The molecule has 2 heterocycles. The summed E-state index contributed by atoms with van der Waals surface area (Å²) in [4.78, 5) is 0.663. The van der Waals surface area contributed by atoms with E-state index in [1.807, 2.05) is 0 Å². The molecule has 1 N–H and O–H groups in total. The van der Waals surface area contributed by atoms with Gasteiger partial charge in [0.25, 0.3) is 22.9 Å². The summed E-state index contributed by atoms with van der Waals surface area (Å²) in [5.74, 6) is 0. The summed E-state index contributed by atoms with van der Waals surface area (Å²) in [5, 5.41) is 12.9. The average molecular weight is 360 g/mol. The lowest BCUT2D eigenvalue weighted by atomic mass is 10.1. The zero-order valence-corrected chi connectivity index (χ0v) is 12.8. The molecule has 1 aliphatic rings. The first-order valence-corrected chi connectivity index (χ1v) is 8.38. The molecular formula is C11H12F4N2O3S2. The normalized spacial score (nSPS) is 22.7. The number of aryl methyl sites for hydroxylation is 1. The van der Waals surface area contributed by atoms with Gasteiger partial charge in [0.2, 0.25) is 5.72 Å². The van der Waals surface area contributed by atoms with Crippen molar-refractivity contribution in [3.8, 4) is 0 Å². The van der Waals surface area contributed by atoms with Crippen LogP contribution in [-0.2, 0) is 16.4 Å². The number of halogens is 4. The Bertz CT molecular complexity index is 689. The van der Waals surface area contributed by atoms with Crippen molar-refractivity contribution >= 4 is 27.1 Å². The summed E-state index contributed by atoms with van der Waals surface area (Å²) in [7, 11) is -4.65. The molecule has 1 aliphatic heterocycles. The fourth-order valence-electron chi connectivity index (χ4n) is 1.89. The molecule has 5 nitrogen and oxygen atoms in total. The number of rotatable bonds is 5. The van der Waals surface area contributed by atoms with Crippen LogP contribution in [-0.4, -0.2) is 42.2 Å². The molecule has 0 bridgehead atoms. The SMILES string of the molecule is CCc1ccc(S(=O)(=O)N2N=C(C(F)F)C[C@]2(O)C(F)F)s1. The third-order valence-corrected chi connectivity index (χ3v) is 6.46. The summed E-state index contributed by atoms with van der Waals surface area (Å²) >= 11 is 0.806. The molecule has 1 atom stereocenters. The van der Waals surface area contributed by atoms with Gasteiger partial charge in [0, 0.05) is 11.3 Å². The Hall–Kier alpha value is -1.20. The highest BCUT2D eigenvalue weighted by Crippen LogP contribution is 2.38. The maximum absolute atomic E-state index is 13.1. The summed E-state index contributed by atoms with van der Waals surface area (Å²) in [6.45, 7) is 1.76. The summed E-state index contributed by atoms with van der Waals surface area (Å²) < 4.78 is 75.5. The van der Waals surface area contributed by atoms with Gasteiger partial charge in [0.05, 0.1) is 0 Å². The van der Waals surface area contributed by atoms with Crippen LogP contribution in [0.5, 0.6) is 0 Å². The fraction of sp³-hybridized carbons (Fsp3) is 0.545. The molecule has 0 amide bonds. The molecule has 0 saturated carbocycles. The molecule has 124 valence electrons. The van der Waals surface area contributed by atoms with E-state index in [-0.39, 0.29) is 8.62 Å². The lowest BCUT2D eigenvalue weighted by Crippen LogP contribution is -2.51. The summed E-state index contributed by atoms with van der Waals surface area (Å²) in [6.07, 6.45) is -7.55. The third kappa shape index (κ3) is 2.72. The van der Waals surface area contributed by atoms with E-state index in [0.29, 0.717) is 11.3 Å². The van der Waals surface area contributed by atoms with Gasteiger partial charge in [-0.2, -0.15) is 13.5 Å². The van der Waals surface area contributed by atoms with Gasteiger partial charge >= 0.3 is 0 Å². The van der Waals surface area contributed by atoms with Crippen LogP contribution in [0.1, 0.15) is 18.2 Å². The van der Waals surface area contributed by atoms with Gasteiger partial charge in [0.1, 0.15) is 9.92 Å². The lowest BCUT2D eigenvalue weighted by Gasteiger charge is -2.30. The number of sulfonamides is 1. The van der Waals surface area contributed by atoms with Crippen LogP contribution in [0.2, 0.25) is 0 Å². The van der Waals surface area contributed by atoms with E-state index in [9.17, 15) is 31.1 Å². The first-order chi connectivity index (χ1) is 10.1. The Morgan fingerprint density at radius 2 is 2.05 bits per heavy atom. The van der Waals surface area contributed by atoms with Gasteiger partial charge in [-0.1, -0.05) is 6.92 Å². The molecule has 0 spiro atoms. The monoisotopic (exact) mass is 360 g/mol. The Morgan fingerprint density at radius 3 is 2.50 bits per heavy atom. The van der Waals surface area contributed by atoms with Crippen LogP contribution in [0.25, 0.3) is 0 Å². The predicted molar refractivity (Wildman–Crippen MR) is 71.7 cm³/mol. The van der Waals surface area contributed by atoms with Crippen LogP contribution < -0.4 is 0 Å². The van der Waals surface area contributed by atoms with Crippen LogP contribution in [0.3, 0.4) is 0 Å². The van der Waals surface area contributed by atoms with E-state index in [1.54, 1.807) is 6.92 Å². The largest absolute Gasteiger partial charge is 0.364 e. The second-order valence-electron chi connectivity index (χ2n) is 4.57. The van der Waals surface area contributed by atoms with Gasteiger partial charge in [-0.15, -0.1) is 15.8 Å². The first-order valence-electron chi connectivity index (χ1n) is 6.13. The van der Waals surface area contributed by atoms with E-state index in [1.165, 1.54) is 12.1 Å². The Labute approximate surface area is 127 Å². The lowest BCUT2D eigenvalue weighted by molar-refractivity contribution is -0.150. The molecule has 0 aliphatic carbocycles. The zero-order chi connectivity index (χ0) is 16.7. The van der Waals surface area contributed by atoms with E-state index < -0.39 is 40.7 Å². The highest BCUT2D eigenvalue weighted by atomic mass is 32.2. The number of nitrogens with zero attached hydrogens (tertiary/aromatic N) is 2. The standard InChI is InChI=1S/C11H12F4N2O3S2/c1-2-6-3-4-8(21-6)22(19,20)17-11(18,10(14)15)5-7(16-17)9(12)13/h3-4,9-10,18H,2,5H2,1H3/t11-/m0/s1. The van der Waals surface area contributed by atoms with Gasteiger partial charge in [-0.3, -0.25) is 0 Å². The van der Waals surface area contributed by atoms with E-state index >= 15 is 0 Å². The molecule has 22 heavy (non-hydrogen) atoms. The van der Waals surface area contributed by atoms with Crippen molar-refractivity contribution in [2.75, 3.05) is 0 Å². The first kappa shape index (κ1) is 17.2. The molecule has 0 aromatic carbocycles. The van der Waals surface area contributed by atoms with Gasteiger partial charge in [-0.05, 0) is 18.6 Å². The zero-order valence-electron chi connectivity index (χ0n) is 11.2. The van der Waals surface area contributed by atoms with Crippen molar-refractivity contribution in [2.45, 2.75) is 42.6 Å². The van der Waals surface area contributed by atoms with Crippen LogP contribution in [0.15, 0.2) is 21.4 Å². The van der Waals surface area contributed by atoms with Crippen molar-refractivity contribution in [2.24, 2.45) is 5.10 Å². The van der Waals surface area contributed by atoms with Crippen LogP contribution >= 0.6 is 11.3 Å². The van der Waals surface area contributed by atoms with E-state index in [0.717, 1.165) is 11.3 Å². The predicted octanol–water partition coefficient (Wildman–Crippen LogP) is 2.28. The van der Waals surface area contributed by atoms with Crippen molar-refractivity contribution in [3.63, 3.8) is 0 Å². The molecule has 0 fully saturated rings. The van der Waals surface area contributed by atoms with Crippen molar-refractivity contribution < 1.29 is 31.1 Å². The number of hydrogen-bond acceptors (Lipinski definition) is 5. The number of hydrogen-bond donors (Lipinski definition) is 1. The Morgan fingerprint density at radius 1 is 1.41 bits per heavy atom. The maximum atomic E-state index is 13.1. The topological polar surface area (TPSA) is 70.0 Å². The van der Waals surface area contributed by atoms with Crippen molar-refractivity contribution in [3.05, 3.63) is 17.0 Å². The van der Waals surface area contributed by atoms with Crippen LogP contribution in [0, 0.1) is 0 Å². The minimum absolute atomic E-state index is 0.294. The molecule has 1 aromatic heterocycles. The van der Waals surface area contributed by atoms with E-state index in [4.69, 9.17) is 0 Å². The molecule has 1 aromatic rings. The van der Waals surface area contributed by atoms with E-state index in [2.05, 4.69) is 5.10 Å².